The highest BCUT2D eigenvalue weighted by Crippen LogP contribution is 2.22. The zero-order valence-corrected chi connectivity index (χ0v) is 18.3. The number of hydrogen-bond donors (Lipinski definition) is 0. The molecule has 11 heteroatoms. The van der Waals surface area contributed by atoms with Gasteiger partial charge in [-0.25, -0.2) is 27.3 Å². The molecular weight excluding hydrogens is 455 g/mol. The molecule has 4 aromatic rings. The topological polar surface area (TPSA) is 74.7 Å². The standard InChI is InChI=1S/C22H18F3N5O2S/c1-3-4-6-28-7-5-13-10-26-11-18(19(13)28)30-20(31)27-21(33-2)29(22(30)32)12-14-8-16(24)17(25)9-15(14)23/h3,5,7-11H,1,4,6,12H2,2H3. The van der Waals surface area contributed by atoms with E-state index in [1.54, 1.807) is 24.6 Å². The van der Waals surface area contributed by atoms with Crippen molar-refractivity contribution in [3.8, 4) is 5.69 Å². The Morgan fingerprint density at radius 1 is 1.12 bits per heavy atom. The number of rotatable bonds is 7. The van der Waals surface area contributed by atoms with Crippen LogP contribution in [0.5, 0.6) is 0 Å². The maximum absolute atomic E-state index is 14.3. The summed E-state index contributed by atoms with van der Waals surface area (Å²) < 4.78 is 45.1. The summed E-state index contributed by atoms with van der Waals surface area (Å²) in [5.41, 5.74) is -1.11. The predicted molar refractivity (Wildman–Crippen MR) is 119 cm³/mol. The van der Waals surface area contributed by atoms with Gasteiger partial charge in [0.2, 0.25) is 0 Å². The molecule has 3 aromatic heterocycles. The number of fused-ring (bicyclic) bond motifs is 1. The number of benzene rings is 1. The van der Waals surface area contributed by atoms with Gasteiger partial charge in [-0.2, -0.15) is 4.98 Å². The molecule has 33 heavy (non-hydrogen) atoms. The molecule has 0 saturated heterocycles. The number of thioether (sulfide) groups is 1. The normalized spacial score (nSPS) is 11.3. The number of nitrogens with zero attached hydrogens (tertiary/aromatic N) is 5. The summed E-state index contributed by atoms with van der Waals surface area (Å²) in [7, 11) is 0. The van der Waals surface area contributed by atoms with Crippen molar-refractivity contribution in [2.24, 2.45) is 0 Å². The number of halogens is 3. The van der Waals surface area contributed by atoms with Gasteiger partial charge in [0.05, 0.1) is 23.9 Å². The maximum atomic E-state index is 14.3. The third-order valence-corrected chi connectivity index (χ3v) is 5.78. The fourth-order valence-electron chi connectivity index (χ4n) is 3.55. The largest absolute Gasteiger partial charge is 0.358 e. The molecule has 0 aliphatic carbocycles. The van der Waals surface area contributed by atoms with Crippen LogP contribution >= 0.6 is 11.8 Å². The van der Waals surface area contributed by atoms with Crippen LogP contribution < -0.4 is 11.4 Å². The van der Waals surface area contributed by atoms with Crippen LogP contribution in [0.25, 0.3) is 16.6 Å². The fourth-order valence-corrected chi connectivity index (χ4v) is 4.08. The van der Waals surface area contributed by atoms with Crippen LogP contribution in [0.1, 0.15) is 12.0 Å². The lowest BCUT2D eigenvalue weighted by molar-refractivity contribution is 0.482. The van der Waals surface area contributed by atoms with Crippen molar-refractivity contribution in [1.82, 2.24) is 23.7 Å². The van der Waals surface area contributed by atoms with E-state index in [9.17, 15) is 22.8 Å². The van der Waals surface area contributed by atoms with Crippen molar-refractivity contribution in [1.29, 1.82) is 0 Å². The van der Waals surface area contributed by atoms with Crippen LogP contribution in [0.2, 0.25) is 0 Å². The SMILES string of the molecule is C=CCCn1ccc2cncc(-n3c(=O)nc(SC)n(Cc4cc(F)c(F)cc4F)c3=O)c21. The van der Waals surface area contributed by atoms with E-state index in [1.165, 1.54) is 6.20 Å². The van der Waals surface area contributed by atoms with Gasteiger partial charge >= 0.3 is 11.4 Å². The smallest absolute Gasteiger partial charge is 0.345 e. The third kappa shape index (κ3) is 4.11. The molecule has 7 nitrogen and oxygen atoms in total. The predicted octanol–water partition coefficient (Wildman–Crippen LogP) is 3.51. The van der Waals surface area contributed by atoms with E-state index in [0.29, 0.717) is 36.0 Å². The van der Waals surface area contributed by atoms with Gasteiger partial charge in [-0.15, -0.1) is 6.58 Å². The summed E-state index contributed by atoms with van der Waals surface area (Å²) in [6, 6.07) is 2.90. The summed E-state index contributed by atoms with van der Waals surface area (Å²) in [4.78, 5) is 34.4. The van der Waals surface area contributed by atoms with E-state index in [2.05, 4.69) is 16.5 Å². The van der Waals surface area contributed by atoms with Gasteiger partial charge in [0, 0.05) is 36.0 Å². The van der Waals surface area contributed by atoms with Gasteiger partial charge in [-0.3, -0.25) is 9.55 Å². The average Bonchev–Trinajstić information content (AvgIpc) is 3.21. The van der Waals surface area contributed by atoms with E-state index in [0.717, 1.165) is 20.9 Å². The lowest BCUT2D eigenvalue weighted by Gasteiger charge is -2.15. The molecule has 0 spiro atoms. The Kier molecular flexibility index (Phi) is 6.23. The van der Waals surface area contributed by atoms with E-state index >= 15 is 0 Å². The summed E-state index contributed by atoms with van der Waals surface area (Å²) in [5.74, 6) is -3.61. The molecule has 4 rings (SSSR count). The lowest BCUT2D eigenvalue weighted by Crippen LogP contribution is -2.42. The second-order valence-electron chi connectivity index (χ2n) is 7.13. The second-order valence-corrected chi connectivity index (χ2v) is 7.90. The van der Waals surface area contributed by atoms with E-state index in [-0.39, 0.29) is 16.4 Å². The van der Waals surface area contributed by atoms with Crippen molar-refractivity contribution < 1.29 is 13.2 Å². The highest BCUT2D eigenvalue weighted by atomic mass is 32.2. The molecule has 0 aliphatic rings. The van der Waals surface area contributed by atoms with Crippen molar-refractivity contribution >= 4 is 22.7 Å². The highest BCUT2D eigenvalue weighted by Gasteiger charge is 2.20. The molecule has 0 saturated carbocycles. The molecule has 0 radical (unpaired) electrons. The molecule has 0 bridgehead atoms. The Labute approximate surface area is 189 Å². The summed E-state index contributed by atoms with van der Waals surface area (Å²) >= 11 is 0.996. The van der Waals surface area contributed by atoms with E-state index < -0.39 is 35.4 Å². The first-order chi connectivity index (χ1) is 15.8. The molecule has 170 valence electrons. The third-order valence-electron chi connectivity index (χ3n) is 5.10. The first-order valence-electron chi connectivity index (χ1n) is 9.81. The van der Waals surface area contributed by atoms with Gasteiger partial charge in [0.1, 0.15) is 5.82 Å². The minimum absolute atomic E-state index is 0.00700. The monoisotopic (exact) mass is 473 g/mol. The minimum Gasteiger partial charge on any atom is -0.345 e. The summed E-state index contributed by atoms with van der Waals surface area (Å²) in [5, 5.41) is 0.711. The quantitative estimate of drug-likeness (QED) is 0.233. The second kappa shape index (κ2) is 9.10. The molecule has 0 fully saturated rings. The van der Waals surface area contributed by atoms with Gasteiger partial charge in [-0.1, -0.05) is 17.8 Å². The van der Waals surface area contributed by atoms with Crippen LogP contribution in [0.3, 0.4) is 0 Å². The first kappa shape index (κ1) is 22.6. The van der Waals surface area contributed by atoms with Gasteiger partial charge in [0.25, 0.3) is 0 Å². The molecular formula is C22H18F3N5O2S. The zero-order chi connectivity index (χ0) is 23.7. The number of hydrogen-bond acceptors (Lipinski definition) is 5. The minimum atomic E-state index is -1.34. The molecule has 0 aliphatic heterocycles. The Morgan fingerprint density at radius 2 is 1.88 bits per heavy atom. The number of allylic oxidation sites excluding steroid dienone is 1. The lowest BCUT2D eigenvalue weighted by atomic mass is 10.2. The molecule has 0 unspecified atom stereocenters. The van der Waals surface area contributed by atoms with Gasteiger partial charge in [-0.05, 0) is 24.8 Å². The van der Waals surface area contributed by atoms with E-state index in [1.807, 2.05) is 10.8 Å². The van der Waals surface area contributed by atoms with Crippen molar-refractivity contribution in [2.75, 3.05) is 6.26 Å². The van der Waals surface area contributed by atoms with Gasteiger partial charge < -0.3 is 4.57 Å². The molecule has 0 atom stereocenters. The first-order valence-corrected chi connectivity index (χ1v) is 11.0. The molecule has 0 N–H and O–H groups in total. The maximum Gasteiger partial charge on any atom is 0.358 e. The van der Waals surface area contributed by atoms with Crippen LogP contribution in [-0.4, -0.2) is 29.9 Å². The van der Waals surface area contributed by atoms with Gasteiger partial charge in [0.15, 0.2) is 16.8 Å². The molecule has 1 aromatic carbocycles. The number of aryl methyl sites for hydroxylation is 1. The summed E-state index contributed by atoms with van der Waals surface area (Å²) in [6.07, 6.45) is 8.78. The Balaban J connectivity index is 1.95. The Hall–Kier alpha value is -3.60. The van der Waals surface area contributed by atoms with Crippen molar-refractivity contribution in [3.05, 3.63) is 93.4 Å². The Morgan fingerprint density at radius 3 is 2.61 bits per heavy atom. The fraction of sp³-hybridized carbons (Fsp3) is 0.182. The summed E-state index contributed by atoms with van der Waals surface area (Å²) in [6.45, 7) is 3.82. The molecule has 0 amide bonds. The number of aromatic nitrogens is 5. The zero-order valence-electron chi connectivity index (χ0n) is 17.5. The van der Waals surface area contributed by atoms with Crippen LogP contribution in [0.4, 0.5) is 13.2 Å². The van der Waals surface area contributed by atoms with Crippen LogP contribution in [0.15, 0.2) is 64.2 Å². The van der Waals surface area contributed by atoms with Crippen molar-refractivity contribution in [2.45, 2.75) is 24.7 Å². The van der Waals surface area contributed by atoms with Crippen LogP contribution in [0, 0.1) is 17.5 Å². The highest BCUT2D eigenvalue weighted by molar-refractivity contribution is 7.98. The van der Waals surface area contributed by atoms with Crippen molar-refractivity contribution in [3.63, 3.8) is 0 Å². The van der Waals surface area contributed by atoms with Crippen LogP contribution in [-0.2, 0) is 13.1 Å². The Bertz CT molecular complexity index is 1490. The number of pyridine rings is 1. The average molecular weight is 473 g/mol. The van der Waals surface area contributed by atoms with E-state index in [4.69, 9.17) is 0 Å². The molecule has 3 heterocycles.